The monoisotopic (exact) mass is 384 g/mol. The molecule has 1 aromatic heterocycles. The van der Waals surface area contributed by atoms with Gasteiger partial charge in [0.1, 0.15) is 0 Å². The smallest absolute Gasteiger partial charge is 0.0856 e. The maximum atomic E-state index is 10.5. The Hall–Kier alpha value is -1.83. The predicted octanol–water partition coefficient (Wildman–Crippen LogP) is 3.10. The van der Waals surface area contributed by atoms with E-state index in [4.69, 9.17) is 5.84 Å². The number of hydrogen-bond donors (Lipinski definition) is 4. The summed E-state index contributed by atoms with van der Waals surface area (Å²) in [7, 11) is 0. The Balaban J connectivity index is 1.50. The third-order valence-electron chi connectivity index (χ3n) is 5.66. The number of hydrogen-bond acceptors (Lipinski definition) is 6. The van der Waals surface area contributed by atoms with Gasteiger partial charge in [-0.3, -0.25) is 10.8 Å². The highest BCUT2D eigenvalue weighted by Crippen LogP contribution is 2.28. The van der Waals surface area contributed by atoms with Crippen LogP contribution in [0.2, 0.25) is 0 Å². The summed E-state index contributed by atoms with van der Waals surface area (Å²) in [5.74, 6) is 6.70. The molecule has 0 saturated heterocycles. The number of benzene rings is 1. The van der Waals surface area contributed by atoms with Crippen molar-refractivity contribution in [3.05, 3.63) is 54.2 Å². The summed E-state index contributed by atoms with van der Waals surface area (Å²) in [6, 6.07) is 13.6. The molecule has 1 saturated carbocycles. The fraction of sp³-hybridized carbons (Fsp3) is 0.500. The van der Waals surface area contributed by atoms with Gasteiger partial charge in [0, 0.05) is 24.8 Å². The first-order valence-corrected chi connectivity index (χ1v) is 10.2. The first-order valence-electron chi connectivity index (χ1n) is 10.2. The van der Waals surface area contributed by atoms with Gasteiger partial charge >= 0.3 is 0 Å². The molecule has 1 heterocycles. The van der Waals surface area contributed by atoms with Crippen molar-refractivity contribution in [2.24, 2.45) is 11.8 Å². The molecule has 1 aliphatic rings. The molecule has 28 heavy (non-hydrogen) atoms. The molecule has 0 amide bonds. The number of nitrogens with two attached hydrogens (primary N) is 1. The van der Waals surface area contributed by atoms with Gasteiger partial charge in [0.15, 0.2) is 0 Å². The van der Waals surface area contributed by atoms with Crippen molar-refractivity contribution < 1.29 is 10.3 Å². The zero-order chi connectivity index (χ0) is 19.8. The van der Waals surface area contributed by atoms with Crippen LogP contribution in [0.3, 0.4) is 0 Å². The maximum Gasteiger partial charge on any atom is 0.0856 e. The third-order valence-corrected chi connectivity index (χ3v) is 5.66. The second kappa shape index (κ2) is 10.6. The first kappa shape index (κ1) is 20.9. The van der Waals surface area contributed by atoms with E-state index in [0.717, 1.165) is 23.2 Å². The molecule has 2 atom stereocenters. The summed E-state index contributed by atoms with van der Waals surface area (Å²) in [5, 5.41) is 21.6. The van der Waals surface area contributed by atoms with E-state index in [9.17, 15) is 10.3 Å². The lowest BCUT2D eigenvalue weighted by atomic mass is 9.84. The topological polar surface area (TPSA) is 94.6 Å². The molecular weight excluding hydrogens is 352 g/mol. The highest BCUT2D eigenvalue weighted by atomic mass is 16.5. The third kappa shape index (κ3) is 6.09. The minimum atomic E-state index is -0.718. The van der Waals surface area contributed by atoms with Crippen LogP contribution in [0, 0.1) is 5.92 Å². The summed E-state index contributed by atoms with van der Waals surface area (Å²) in [5.41, 5.74) is 5.37. The lowest BCUT2D eigenvalue weighted by Gasteiger charge is -2.30. The standard InChI is InChI=1S/C22H32N4O2/c23-26(16-22(27)21(25-28)14-17-6-2-1-3-7-17)15-18-9-11-19(12-10-18)20-8-4-5-13-24-20/h4-5,8-13,17,21-22,25,27-28H,1-3,6-7,14-16,23H2. The number of nitrogens with one attached hydrogen (secondary N) is 1. The lowest BCUT2D eigenvalue weighted by molar-refractivity contribution is 0.00631. The molecule has 1 aliphatic carbocycles. The zero-order valence-corrected chi connectivity index (χ0v) is 16.4. The fourth-order valence-corrected chi connectivity index (χ4v) is 4.06. The van der Waals surface area contributed by atoms with Crippen molar-refractivity contribution in [1.82, 2.24) is 15.5 Å². The molecule has 152 valence electrons. The average Bonchev–Trinajstić information content (AvgIpc) is 2.73. The maximum absolute atomic E-state index is 10.5. The average molecular weight is 385 g/mol. The lowest BCUT2D eigenvalue weighted by Crippen LogP contribution is -2.48. The molecule has 2 unspecified atom stereocenters. The minimum absolute atomic E-state index is 0.299. The summed E-state index contributed by atoms with van der Waals surface area (Å²) >= 11 is 0. The number of nitrogens with zero attached hydrogens (tertiary/aromatic N) is 2. The van der Waals surface area contributed by atoms with Gasteiger partial charge in [-0.15, -0.1) is 0 Å². The van der Waals surface area contributed by atoms with Crippen molar-refractivity contribution in [2.45, 2.75) is 57.2 Å². The van der Waals surface area contributed by atoms with Gasteiger partial charge < -0.3 is 10.3 Å². The van der Waals surface area contributed by atoms with Crippen LogP contribution < -0.4 is 11.3 Å². The van der Waals surface area contributed by atoms with Gasteiger partial charge in [-0.05, 0) is 30.0 Å². The van der Waals surface area contributed by atoms with Crippen LogP contribution in [0.1, 0.15) is 44.1 Å². The summed E-state index contributed by atoms with van der Waals surface area (Å²) in [4.78, 5) is 4.36. The second-order valence-electron chi connectivity index (χ2n) is 7.88. The molecule has 6 nitrogen and oxygen atoms in total. The molecule has 1 fully saturated rings. The Morgan fingerprint density at radius 1 is 1.11 bits per heavy atom. The van der Waals surface area contributed by atoms with Crippen molar-refractivity contribution >= 4 is 0 Å². The normalized spacial score (nSPS) is 17.6. The van der Waals surface area contributed by atoms with Gasteiger partial charge in [0.25, 0.3) is 0 Å². The summed E-state index contributed by atoms with van der Waals surface area (Å²) in [6.45, 7) is 0.827. The van der Waals surface area contributed by atoms with Gasteiger partial charge in [-0.25, -0.2) is 5.01 Å². The van der Waals surface area contributed by atoms with Crippen LogP contribution in [-0.4, -0.2) is 39.0 Å². The first-order chi connectivity index (χ1) is 13.7. The summed E-state index contributed by atoms with van der Waals surface area (Å²) in [6.07, 6.45) is 8.00. The van der Waals surface area contributed by atoms with Crippen LogP contribution in [0.5, 0.6) is 0 Å². The van der Waals surface area contributed by atoms with Crippen molar-refractivity contribution in [1.29, 1.82) is 0 Å². The number of pyridine rings is 1. The molecule has 1 aromatic carbocycles. The van der Waals surface area contributed by atoms with Crippen LogP contribution in [0.4, 0.5) is 0 Å². The van der Waals surface area contributed by atoms with E-state index >= 15 is 0 Å². The predicted molar refractivity (Wildman–Crippen MR) is 110 cm³/mol. The van der Waals surface area contributed by atoms with Gasteiger partial charge in [0.2, 0.25) is 0 Å². The van der Waals surface area contributed by atoms with Crippen molar-refractivity contribution in [2.75, 3.05) is 6.54 Å². The Bertz CT molecular complexity index is 689. The Morgan fingerprint density at radius 2 is 1.86 bits per heavy atom. The number of aliphatic hydroxyl groups is 1. The Morgan fingerprint density at radius 3 is 2.50 bits per heavy atom. The van der Waals surface area contributed by atoms with Crippen molar-refractivity contribution in [3.8, 4) is 11.3 Å². The molecule has 2 aromatic rings. The molecule has 0 radical (unpaired) electrons. The van der Waals surface area contributed by atoms with E-state index in [0.29, 0.717) is 19.0 Å². The van der Waals surface area contributed by atoms with Crippen molar-refractivity contribution in [3.63, 3.8) is 0 Å². The molecule has 3 rings (SSSR count). The second-order valence-corrected chi connectivity index (χ2v) is 7.88. The molecule has 0 spiro atoms. The highest BCUT2D eigenvalue weighted by Gasteiger charge is 2.25. The van der Waals surface area contributed by atoms with Gasteiger partial charge in [0.05, 0.1) is 17.8 Å². The molecule has 0 aliphatic heterocycles. The van der Waals surface area contributed by atoms with Gasteiger partial charge in [-0.2, -0.15) is 5.48 Å². The largest absolute Gasteiger partial charge is 0.390 e. The number of aliphatic hydroxyl groups excluding tert-OH is 1. The van der Waals surface area contributed by atoms with Gasteiger partial charge in [-0.1, -0.05) is 62.4 Å². The van der Waals surface area contributed by atoms with Crippen LogP contribution >= 0.6 is 0 Å². The minimum Gasteiger partial charge on any atom is -0.390 e. The molecule has 0 bridgehead atoms. The number of rotatable bonds is 9. The van der Waals surface area contributed by atoms with Crippen LogP contribution in [0.15, 0.2) is 48.7 Å². The molecule has 5 N–H and O–H groups in total. The van der Waals surface area contributed by atoms with E-state index in [1.807, 2.05) is 42.5 Å². The number of hydrazine groups is 1. The fourth-order valence-electron chi connectivity index (χ4n) is 4.06. The SMILES string of the molecule is NN(Cc1ccc(-c2ccccn2)cc1)CC(O)C(CC1CCCCC1)NO. The van der Waals surface area contributed by atoms with E-state index in [-0.39, 0.29) is 6.04 Å². The quantitative estimate of drug-likeness (QED) is 0.392. The van der Waals surface area contributed by atoms with E-state index < -0.39 is 6.10 Å². The molecular formula is C22H32N4O2. The van der Waals surface area contributed by atoms with E-state index in [1.165, 1.54) is 32.1 Å². The zero-order valence-electron chi connectivity index (χ0n) is 16.4. The summed E-state index contributed by atoms with van der Waals surface area (Å²) < 4.78 is 0. The highest BCUT2D eigenvalue weighted by molar-refractivity contribution is 5.58. The van der Waals surface area contributed by atoms with E-state index in [2.05, 4.69) is 10.5 Å². The van der Waals surface area contributed by atoms with E-state index in [1.54, 1.807) is 11.2 Å². The Kier molecular flexibility index (Phi) is 7.94. The van der Waals surface area contributed by atoms with Crippen LogP contribution in [-0.2, 0) is 6.54 Å². The number of hydroxylamine groups is 1. The molecule has 6 heteroatoms. The Labute approximate surface area is 167 Å². The number of aromatic nitrogens is 1. The van der Waals surface area contributed by atoms with Crippen LogP contribution in [0.25, 0.3) is 11.3 Å².